The lowest BCUT2D eigenvalue weighted by Gasteiger charge is -2.44. The summed E-state index contributed by atoms with van der Waals surface area (Å²) in [6, 6.07) is 11.4. The predicted molar refractivity (Wildman–Crippen MR) is 209 cm³/mol. The lowest BCUT2D eigenvalue weighted by atomic mass is 9.94. The van der Waals surface area contributed by atoms with Gasteiger partial charge in [0.1, 0.15) is 17.6 Å². The van der Waals surface area contributed by atoms with Gasteiger partial charge in [0.2, 0.25) is 17.7 Å². The second kappa shape index (κ2) is 16.3. The number of anilines is 3. The number of likely N-dealkylation sites (tertiary alicyclic amines) is 1. The maximum Gasteiger partial charge on any atom is 0.407 e. The highest BCUT2D eigenvalue weighted by molar-refractivity contribution is 6.23. The third kappa shape index (κ3) is 8.45. The van der Waals surface area contributed by atoms with E-state index in [-0.39, 0.29) is 35.8 Å². The van der Waals surface area contributed by atoms with Crippen molar-refractivity contribution in [3.05, 3.63) is 82.8 Å². The number of aromatic nitrogens is 1. The van der Waals surface area contributed by atoms with Gasteiger partial charge in [0.15, 0.2) is 5.69 Å². The van der Waals surface area contributed by atoms with E-state index < -0.39 is 47.1 Å². The topological polar surface area (TPSA) is 149 Å². The van der Waals surface area contributed by atoms with E-state index in [2.05, 4.69) is 30.3 Å². The number of imide groups is 2. The molecule has 8 rings (SSSR count). The number of hydrogen-bond acceptors (Lipinski definition) is 10. The average molecular weight is 813 g/mol. The second-order valence-electron chi connectivity index (χ2n) is 15.9. The third-order valence-electron chi connectivity index (χ3n) is 12.1. The molecule has 6 heterocycles. The largest absolute Gasteiger partial charge is 0.492 e. The van der Waals surface area contributed by atoms with E-state index in [0.717, 1.165) is 62.2 Å². The van der Waals surface area contributed by atoms with E-state index >= 15 is 0 Å². The van der Waals surface area contributed by atoms with Crippen LogP contribution in [-0.2, 0) is 20.6 Å². The van der Waals surface area contributed by atoms with Crippen LogP contribution in [0.3, 0.4) is 0 Å². The summed E-state index contributed by atoms with van der Waals surface area (Å²) in [6.07, 6.45) is 0.0918. The molecule has 0 radical (unpaired) electrons. The first-order valence-corrected chi connectivity index (χ1v) is 19.9. The molecule has 2 aromatic carbocycles. The van der Waals surface area contributed by atoms with Crippen LogP contribution in [0.15, 0.2) is 54.7 Å². The van der Waals surface area contributed by atoms with E-state index in [1.54, 1.807) is 35.4 Å². The van der Waals surface area contributed by atoms with Crippen LogP contribution in [0.4, 0.5) is 36.1 Å². The van der Waals surface area contributed by atoms with Crippen LogP contribution in [0.2, 0.25) is 0 Å². The van der Waals surface area contributed by atoms with Gasteiger partial charge in [-0.3, -0.25) is 34.2 Å². The molecular formula is C42H43F3N8O6. The molecule has 0 aliphatic carbocycles. The Labute approximate surface area is 338 Å². The highest BCUT2D eigenvalue weighted by Gasteiger charge is 2.45. The Kier molecular flexibility index (Phi) is 11.0. The van der Waals surface area contributed by atoms with Gasteiger partial charge in [-0.05, 0) is 93.6 Å². The molecule has 5 aliphatic rings. The number of amides is 5. The van der Waals surface area contributed by atoms with Crippen LogP contribution < -0.4 is 25.2 Å². The number of ether oxygens (including phenoxy) is 1. The van der Waals surface area contributed by atoms with Gasteiger partial charge in [0.25, 0.3) is 11.8 Å². The first-order valence-electron chi connectivity index (χ1n) is 19.9. The Morgan fingerprint density at radius 3 is 2.25 bits per heavy atom. The van der Waals surface area contributed by atoms with Crippen molar-refractivity contribution in [3.63, 3.8) is 0 Å². The molecule has 1 unspecified atom stereocenters. The number of nitrogens with zero attached hydrogens (tertiary/aromatic N) is 6. The Morgan fingerprint density at radius 2 is 1.58 bits per heavy atom. The van der Waals surface area contributed by atoms with Gasteiger partial charge in [0.05, 0.1) is 36.1 Å². The number of fused-ring (bicyclic) bond motifs is 1. The minimum absolute atomic E-state index is 0.0773. The number of alkyl halides is 3. The van der Waals surface area contributed by atoms with Crippen LogP contribution in [0.25, 0.3) is 4.85 Å². The van der Waals surface area contributed by atoms with Gasteiger partial charge in [-0.25, -0.2) is 9.83 Å². The summed E-state index contributed by atoms with van der Waals surface area (Å²) in [5.41, 5.74) is 0.417. The molecular weight excluding hydrogens is 770 g/mol. The highest BCUT2D eigenvalue weighted by Crippen LogP contribution is 2.40. The fraction of sp³-hybridized carbons (Fsp3) is 0.452. The minimum Gasteiger partial charge on any atom is -0.492 e. The molecule has 17 heteroatoms. The fourth-order valence-corrected chi connectivity index (χ4v) is 8.68. The van der Waals surface area contributed by atoms with Crippen molar-refractivity contribution in [2.75, 3.05) is 67.5 Å². The Hall–Kier alpha value is -6.02. The predicted octanol–water partition coefficient (Wildman–Crippen LogP) is 5.13. The van der Waals surface area contributed by atoms with E-state index in [0.29, 0.717) is 61.6 Å². The van der Waals surface area contributed by atoms with E-state index in [1.165, 1.54) is 12.1 Å². The molecule has 0 spiro atoms. The number of rotatable bonds is 10. The van der Waals surface area contributed by atoms with E-state index in [1.807, 2.05) is 6.07 Å². The third-order valence-corrected chi connectivity index (χ3v) is 12.1. The molecule has 308 valence electrons. The summed E-state index contributed by atoms with van der Waals surface area (Å²) in [5.74, 6) is -0.677. The zero-order valence-corrected chi connectivity index (χ0v) is 32.2. The number of nitrogens with one attached hydrogen (secondary N) is 2. The SMILES string of the molecule is [C-]#[N+]c1ccc(N2CCC(C(=O)Nc3ccc(OCC4CCN(CC5CN(c6ccc7c(c6)C(=O)N(C6CCC(=O)NC6=O)C7=O)C5)CC4)cn3)CC2)cc1C(F)(F)F. The molecule has 3 aromatic rings. The van der Waals surface area contributed by atoms with E-state index in [9.17, 15) is 37.1 Å². The Bertz CT molecular complexity index is 2190. The fourth-order valence-electron chi connectivity index (χ4n) is 8.68. The molecule has 5 amide bonds. The smallest absolute Gasteiger partial charge is 0.407 e. The van der Waals surface area contributed by atoms with Gasteiger partial charge < -0.3 is 24.8 Å². The van der Waals surface area contributed by atoms with Crippen LogP contribution in [0, 0.1) is 24.3 Å². The number of hydrogen-bond donors (Lipinski definition) is 2. The van der Waals surface area contributed by atoms with Crippen LogP contribution in [0.5, 0.6) is 5.75 Å². The minimum atomic E-state index is -4.62. The van der Waals surface area contributed by atoms with Crippen molar-refractivity contribution in [2.24, 2.45) is 17.8 Å². The van der Waals surface area contributed by atoms with Crippen molar-refractivity contribution in [3.8, 4) is 5.75 Å². The number of piperidine rings is 3. The summed E-state index contributed by atoms with van der Waals surface area (Å²) in [5, 5.41) is 5.07. The second-order valence-corrected chi connectivity index (χ2v) is 15.9. The molecule has 0 saturated carbocycles. The van der Waals surface area contributed by atoms with Crippen molar-refractivity contribution < 1.29 is 41.9 Å². The summed E-state index contributed by atoms with van der Waals surface area (Å²) >= 11 is 0. The maximum atomic E-state index is 13.4. The van der Waals surface area contributed by atoms with Gasteiger partial charge in [-0.2, -0.15) is 13.2 Å². The maximum absolute atomic E-state index is 13.4. The molecule has 59 heavy (non-hydrogen) atoms. The van der Waals surface area contributed by atoms with E-state index in [4.69, 9.17) is 11.3 Å². The van der Waals surface area contributed by atoms with Gasteiger partial charge in [-0.1, -0.05) is 6.07 Å². The van der Waals surface area contributed by atoms with Crippen molar-refractivity contribution in [2.45, 2.75) is 50.7 Å². The Morgan fingerprint density at radius 1 is 0.864 bits per heavy atom. The van der Waals surface area contributed by atoms with Crippen LogP contribution in [0.1, 0.15) is 64.8 Å². The first-order chi connectivity index (χ1) is 28.3. The summed E-state index contributed by atoms with van der Waals surface area (Å²) in [7, 11) is 0. The van der Waals surface area contributed by atoms with Crippen molar-refractivity contribution >= 4 is 52.4 Å². The number of halogens is 3. The van der Waals surface area contributed by atoms with Crippen LogP contribution >= 0.6 is 0 Å². The summed E-state index contributed by atoms with van der Waals surface area (Å²) in [4.78, 5) is 78.0. The van der Waals surface area contributed by atoms with Gasteiger partial charge in [0, 0.05) is 62.4 Å². The monoisotopic (exact) mass is 812 g/mol. The standard InChI is InChI=1S/C42H43F3N8O6/c1-46-34-6-3-29(19-33(34)42(43,44)45)51-16-12-27(13-17-51)38(55)48-36-8-4-30(20-47-36)59-24-25-10-14-50(15-11-25)21-26-22-52(23-26)28-2-5-31-32(18-28)41(58)53(40(31)57)35-7-9-37(54)49-39(35)56/h2-6,8,18-20,25-27,35H,7,9-17,21-24H2,(H,47,48,55)(H,49,54,56). The molecule has 14 nitrogen and oxygen atoms in total. The lowest BCUT2D eigenvalue weighted by molar-refractivity contribution is -0.137. The van der Waals surface area contributed by atoms with Gasteiger partial charge >= 0.3 is 6.18 Å². The number of carbonyl (C=O) groups excluding carboxylic acids is 5. The Balaban J connectivity index is 0.730. The normalized spacial score (nSPS) is 20.9. The molecule has 0 bridgehead atoms. The van der Waals surface area contributed by atoms with Gasteiger partial charge in [-0.15, -0.1) is 0 Å². The quantitative estimate of drug-likeness (QED) is 0.209. The summed E-state index contributed by atoms with van der Waals surface area (Å²) < 4.78 is 46.4. The van der Waals surface area contributed by atoms with Crippen LogP contribution in [-0.4, -0.2) is 103 Å². The number of carbonyl (C=O) groups is 5. The number of benzene rings is 2. The number of pyridine rings is 1. The zero-order chi connectivity index (χ0) is 41.4. The summed E-state index contributed by atoms with van der Waals surface area (Å²) in [6.45, 7) is 13.0. The molecule has 2 N–H and O–H groups in total. The van der Waals surface area contributed by atoms with Crippen molar-refractivity contribution in [1.82, 2.24) is 20.1 Å². The molecule has 5 aliphatic heterocycles. The molecule has 1 aromatic heterocycles. The first kappa shape index (κ1) is 39.8. The molecule has 4 fully saturated rings. The lowest BCUT2D eigenvalue weighted by Crippen LogP contribution is -2.54. The highest BCUT2D eigenvalue weighted by atomic mass is 19.4. The van der Waals surface area contributed by atoms with Crippen molar-refractivity contribution in [1.29, 1.82) is 0 Å². The zero-order valence-electron chi connectivity index (χ0n) is 32.2. The average Bonchev–Trinajstić information content (AvgIpc) is 3.46. The molecule has 4 saturated heterocycles. The molecule has 1 atom stereocenters.